The van der Waals surface area contributed by atoms with E-state index in [9.17, 15) is 10.1 Å². The summed E-state index contributed by atoms with van der Waals surface area (Å²) in [6.45, 7) is 1.74. The molecule has 5 nitrogen and oxygen atoms in total. The van der Waals surface area contributed by atoms with E-state index in [4.69, 9.17) is 4.74 Å². The molecule has 2 aromatic rings. The van der Waals surface area contributed by atoms with Gasteiger partial charge in [-0.25, -0.2) is 4.98 Å². The van der Waals surface area contributed by atoms with Crippen LogP contribution in [0.4, 0.5) is 5.69 Å². The standard InChI is InChI=1S/C12H10N2O3/c1-9-7-11(14(15)16)12(13-8-9)17-10-5-3-2-4-6-10/h2-8H,1H3. The third-order valence-corrected chi connectivity index (χ3v) is 2.12. The van der Waals surface area contributed by atoms with Crippen molar-refractivity contribution in [2.24, 2.45) is 0 Å². The Hall–Kier alpha value is -2.43. The van der Waals surface area contributed by atoms with Crippen LogP contribution >= 0.6 is 0 Å². The first kappa shape index (κ1) is 11.1. The van der Waals surface area contributed by atoms with Gasteiger partial charge in [0, 0.05) is 12.3 Å². The highest BCUT2D eigenvalue weighted by Gasteiger charge is 2.17. The summed E-state index contributed by atoms with van der Waals surface area (Å²) in [7, 11) is 0. The quantitative estimate of drug-likeness (QED) is 0.600. The second kappa shape index (κ2) is 4.61. The summed E-state index contributed by atoms with van der Waals surface area (Å²) in [6, 6.07) is 10.3. The average molecular weight is 230 g/mol. The van der Waals surface area contributed by atoms with Gasteiger partial charge in [0.05, 0.1) is 4.92 Å². The summed E-state index contributed by atoms with van der Waals surface area (Å²) in [5.41, 5.74) is 0.589. The first-order valence-corrected chi connectivity index (χ1v) is 5.01. The second-order valence-electron chi connectivity index (χ2n) is 3.51. The molecule has 0 fully saturated rings. The highest BCUT2D eigenvalue weighted by atomic mass is 16.6. The fourth-order valence-electron chi connectivity index (χ4n) is 1.35. The molecule has 0 aliphatic rings. The Labute approximate surface area is 97.8 Å². The Bertz CT molecular complexity index is 541. The molecule has 0 aliphatic heterocycles. The summed E-state index contributed by atoms with van der Waals surface area (Å²) >= 11 is 0. The second-order valence-corrected chi connectivity index (χ2v) is 3.51. The van der Waals surface area contributed by atoms with Crippen LogP contribution in [-0.4, -0.2) is 9.91 Å². The molecule has 0 spiro atoms. The maximum absolute atomic E-state index is 10.8. The van der Waals surface area contributed by atoms with Gasteiger partial charge in [0.25, 0.3) is 5.88 Å². The van der Waals surface area contributed by atoms with E-state index in [1.165, 1.54) is 12.3 Å². The number of hydrogen-bond donors (Lipinski definition) is 0. The molecule has 0 saturated carbocycles. The van der Waals surface area contributed by atoms with Crippen LogP contribution in [0.3, 0.4) is 0 Å². The fraction of sp³-hybridized carbons (Fsp3) is 0.0833. The van der Waals surface area contributed by atoms with Gasteiger partial charge in [-0.2, -0.15) is 0 Å². The molecule has 0 saturated heterocycles. The number of benzene rings is 1. The summed E-state index contributed by atoms with van der Waals surface area (Å²) in [4.78, 5) is 14.3. The zero-order valence-corrected chi connectivity index (χ0v) is 9.16. The third-order valence-electron chi connectivity index (χ3n) is 2.12. The normalized spacial score (nSPS) is 9.94. The highest BCUT2D eigenvalue weighted by Crippen LogP contribution is 2.29. The number of rotatable bonds is 3. The molecule has 0 radical (unpaired) electrons. The number of nitro groups is 1. The molecule has 0 N–H and O–H groups in total. The number of aryl methyl sites for hydroxylation is 1. The molecule has 1 aromatic heterocycles. The van der Waals surface area contributed by atoms with Gasteiger partial charge in [0.1, 0.15) is 5.75 Å². The molecule has 1 heterocycles. The minimum atomic E-state index is -0.502. The molecule has 0 atom stereocenters. The van der Waals surface area contributed by atoms with Gasteiger partial charge in [-0.3, -0.25) is 10.1 Å². The van der Waals surface area contributed by atoms with Gasteiger partial charge < -0.3 is 4.74 Å². The van der Waals surface area contributed by atoms with E-state index in [1.54, 1.807) is 31.2 Å². The summed E-state index contributed by atoms with van der Waals surface area (Å²) in [6.07, 6.45) is 1.53. The number of aromatic nitrogens is 1. The molecular weight excluding hydrogens is 220 g/mol. The first-order chi connectivity index (χ1) is 8.16. The fourth-order valence-corrected chi connectivity index (χ4v) is 1.35. The minimum Gasteiger partial charge on any atom is -0.434 e. The van der Waals surface area contributed by atoms with Gasteiger partial charge in [0.2, 0.25) is 0 Å². The van der Waals surface area contributed by atoms with E-state index in [0.29, 0.717) is 5.75 Å². The molecule has 1 aromatic carbocycles. The SMILES string of the molecule is Cc1cnc(Oc2ccccc2)c([N+](=O)[O-])c1. The van der Waals surface area contributed by atoms with Crippen molar-refractivity contribution >= 4 is 5.69 Å². The molecule has 17 heavy (non-hydrogen) atoms. The molecule has 2 rings (SSSR count). The lowest BCUT2D eigenvalue weighted by atomic mass is 10.3. The summed E-state index contributed by atoms with van der Waals surface area (Å²) in [5.74, 6) is 0.527. The molecule has 0 amide bonds. The molecule has 0 aliphatic carbocycles. The molecule has 0 unspecified atom stereocenters. The minimum absolute atomic E-state index is 0.00630. The van der Waals surface area contributed by atoms with E-state index >= 15 is 0 Å². The number of hydrogen-bond acceptors (Lipinski definition) is 4. The number of ether oxygens (including phenoxy) is 1. The van der Waals surface area contributed by atoms with E-state index in [0.717, 1.165) is 5.56 Å². The largest absolute Gasteiger partial charge is 0.434 e. The van der Waals surface area contributed by atoms with Crippen LogP contribution < -0.4 is 4.74 Å². The Kier molecular flexibility index (Phi) is 3.00. The predicted octanol–water partition coefficient (Wildman–Crippen LogP) is 3.09. The molecule has 86 valence electrons. The Morgan fingerprint density at radius 1 is 1.29 bits per heavy atom. The maximum atomic E-state index is 10.8. The smallest absolute Gasteiger partial charge is 0.331 e. The van der Waals surface area contributed by atoms with Crippen molar-refractivity contribution in [2.45, 2.75) is 6.92 Å². The van der Waals surface area contributed by atoms with E-state index in [-0.39, 0.29) is 11.6 Å². The van der Waals surface area contributed by atoms with Crippen molar-refractivity contribution < 1.29 is 9.66 Å². The van der Waals surface area contributed by atoms with E-state index in [1.807, 2.05) is 6.07 Å². The lowest BCUT2D eigenvalue weighted by molar-refractivity contribution is -0.386. The van der Waals surface area contributed by atoms with Crippen molar-refractivity contribution in [3.05, 3.63) is 58.3 Å². The van der Waals surface area contributed by atoms with Crippen LogP contribution in [0.5, 0.6) is 11.6 Å². The van der Waals surface area contributed by atoms with Crippen LogP contribution in [0.25, 0.3) is 0 Å². The van der Waals surface area contributed by atoms with Gasteiger partial charge in [0.15, 0.2) is 0 Å². The van der Waals surface area contributed by atoms with Gasteiger partial charge >= 0.3 is 5.69 Å². The van der Waals surface area contributed by atoms with Gasteiger partial charge in [-0.1, -0.05) is 18.2 Å². The van der Waals surface area contributed by atoms with E-state index in [2.05, 4.69) is 4.98 Å². The van der Waals surface area contributed by atoms with Crippen molar-refractivity contribution in [3.8, 4) is 11.6 Å². The van der Waals surface area contributed by atoms with Crippen molar-refractivity contribution in [1.29, 1.82) is 0 Å². The third kappa shape index (κ3) is 2.57. The predicted molar refractivity (Wildman–Crippen MR) is 62.1 cm³/mol. The van der Waals surface area contributed by atoms with Gasteiger partial charge in [-0.15, -0.1) is 0 Å². The van der Waals surface area contributed by atoms with Crippen molar-refractivity contribution in [2.75, 3.05) is 0 Å². The Morgan fingerprint density at radius 2 is 2.00 bits per heavy atom. The van der Waals surface area contributed by atoms with Crippen molar-refractivity contribution in [1.82, 2.24) is 4.98 Å². The van der Waals surface area contributed by atoms with Crippen LogP contribution in [0.2, 0.25) is 0 Å². The topological polar surface area (TPSA) is 65.3 Å². The van der Waals surface area contributed by atoms with E-state index < -0.39 is 4.92 Å². The zero-order valence-electron chi connectivity index (χ0n) is 9.16. The Morgan fingerprint density at radius 3 is 2.65 bits per heavy atom. The Balaban J connectivity index is 2.36. The van der Waals surface area contributed by atoms with Gasteiger partial charge in [-0.05, 0) is 24.6 Å². The number of para-hydroxylation sites is 1. The lowest BCUT2D eigenvalue weighted by Crippen LogP contribution is -1.96. The van der Waals surface area contributed by atoms with Crippen LogP contribution in [0, 0.1) is 17.0 Å². The lowest BCUT2D eigenvalue weighted by Gasteiger charge is -2.05. The average Bonchev–Trinajstić information content (AvgIpc) is 2.32. The molecule has 5 heteroatoms. The van der Waals surface area contributed by atoms with Crippen LogP contribution in [0.15, 0.2) is 42.6 Å². The van der Waals surface area contributed by atoms with Crippen LogP contribution in [0.1, 0.15) is 5.56 Å². The highest BCUT2D eigenvalue weighted by molar-refractivity contribution is 5.44. The van der Waals surface area contributed by atoms with Crippen molar-refractivity contribution in [3.63, 3.8) is 0 Å². The first-order valence-electron chi connectivity index (χ1n) is 5.01. The zero-order chi connectivity index (χ0) is 12.3. The number of nitrogens with zero attached hydrogens (tertiary/aromatic N) is 2. The molecular formula is C12H10N2O3. The molecule has 0 bridgehead atoms. The maximum Gasteiger partial charge on any atom is 0.331 e. The summed E-state index contributed by atoms with van der Waals surface area (Å²) < 4.78 is 5.37. The van der Waals surface area contributed by atoms with Crippen LogP contribution in [-0.2, 0) is 0 Å². The summed E-state index contributed by atoms with van der Waals surface area (Å²) in [5, 5.41) is 10.8. The monoisotopic (exact) mass is 230 g/mol. The number of pyridine rings is 1.